The predicted octanol–water partition coefficient (Wildman–Crippen LogP) is 3.32. The first-order chi connectivity index (χ1) is 12.6. The van der Waals surface area contributed by atoms with Crippen molar-refractivity contribution < 1.29 is 14.7 Å². The van der Waals surface area contributed by atoms with E-state index in [9.17, 15) is 14.7 Å². The number of ketones is 1. The number of rotatable bonds is 7. The third-order valence-electron chi connectivity index (χ3n) is 4.32. The van der Waals surface area contributed by atoms with Gasteiger partial charge in [0.2, 0.25) is 5.78 Å². The summed E-state index contributed by atoms with van der Waals surface area (Å²) >= 11 is 3.38. The zero-order valence-electron chi connectivity index (χ0n) is 14.1. The molecule has 3 rings (SSSR count). The summed E-state index contributed by atoms with van der Waals surface area (Å²) in [5.74, 6) is -0.912. The van der Waals surface area contributed by atoms with Gasteiger partial charge in [0.1, 0.15) is 12.2 Å². The van der Waals surface area contributed by atoms with E-state index in [1.165, 1.54) is 6.34 Å². The smallest absolute Gasteiger partial charge is 0.310 e. The van der Waals surface area contributed by atoms with Crippen LogP contribution in [0.3, 0.4) is 0 Å². The number of aryl methyl sites for hydroxylation is 1. The molecule has 0 radical (unpaired) electrons. The third-order valence-corrected chi connectivity index (χ3v) is 4.81. The maximum Gasteiger partial charge on any atom is 0.310 e. The van der Waals surface area contributed by atoms with E-state index in [0.29, 0.717) is 24.5 Å². The number of carboxylic acids is 1. The van der Waals surface area contributed by atoms with Crippen molar-refractivity contribution >= 4 is 39.8 Å². The summed E-state index contributed by atoms with van der Waals surface area (Å²) in [4.78, 5) is 31.9. The van der Waals surface area contributed by atoms with E-state index < -0.39 is 11.9 Å². The number of aromatic nitrogens is 2. The fourth-order valence-corrected chi connectivity index (χ4v) is 3.46. The molecule has 0 saturated heterocycles. The number of imidazole rings is 1. The first-order valence-electron chi connectivity index (χ1n) is 8.37. The van der Waals surface area contributed by atoms with Crippen molar-refractivity contribution in [3.63, 3.8) is 0 Å². The number of unbranched alkanes of at least 4 members (excludes halogenated alkanes) is 1. The molecule has 1 unspecified atom stereocenters. The van der Waals surface area contributed by atoms with Crippen molar-refractivity contribution in [1.82, 2.24) is 9.55 Å². The molecular weight excluding hydrogens is 400 g/mol. The lowest BCUT2D eigenvalue weighted by Gasteiger charge is -2.13. The molecule has 7 nitrogen and oxygen atoms in total. The van der Waals surface area contributed by atoms with Gasteiger partial charge in [0.05, 0.1) is 18.6 Å². The van der Waals surface area contributed by atoms with Crippen LogP contribution in [0.15, 0.2) is 40.1 Å². The molecule has 0 spiro atoms. The van der Waals surface area contributed by atoms with Crippen molar-refractivity contribution in [3.05, 3.63) is 46.3 Å². The number of Topliss-reactive ketones (excluding diaryl/α,β-unsaturated/α-hetero) is 1. The molecule has 8 heteroatoms. The number of halogens is 1. The van der Waals surface area contributed by atoms with E-state index in [1.807, 2.05) is 28.8 Å². The SMILES string of the molecule is O=C1CN=CNc2ncn(CCCCC(C(=O)O)c3cccc(Br)c3)c21. The van der Waals surface area contributed by atoms with Crippen molar-refractivity contribution in [1.29, 1.82) is 0 Å². The van der Waals surface area contributed by atoms with Crippen molar-refractivity contribution in [2.24, 2.45) is 4.99 Å². The van der Waals surface area contributed by atoms with Gasteiger partial charge in [0.15, 0.2) is 5.82 Å². The highest BCUT2D eigenvalue weighted by Crippen LogP contribution is 2.25. The van der Waals surface area contributed by atoms with Gasteiger partial charge in [0, 0.05) is 11.0 Å². The Balaban J connectivity index is 1.59. The Kier molecular flexibility index (Phi) is 5.82. The second-order valence-electron chi connectivity index (χ2n) is 6.11. The van der Waals surface area contributed by atoms with Crippen molar-refractivity contribution in [2.45, 2.75) is 31.7 Å². The molecule has 0 amide bonds. The van der Waals surface area contributed by atoms with Gasteiger partial charge >= 0.3 is 5.97 Å². The molecule has 2 heterocycles. The van der Waals surface area contributed by atoms with Crippen LogP contribution in [0.4, 0.5) is 5.82 Å². The lowest BCUT2D eigenvalue weighted by Crippen LogP contribution is -2.13. The number of anilines is 1. The summed E-state index contributed by atoms with van der Waals surface area (Å²) in [6.45, 7) is 0.718. The second kappa shape index (κ2) is 8.27. The number of carbonyl (C=O) groups is 2. The van der Waals surface area contributed by atoms with Crippen LogP contribution in [0.2, 0.25) is 0 Å². The molecule has 136 valence electrons. The molecule has 0 saturated carbocycles. The van der Waals surface area contributed by atoms with Crippen LogP contribution in [0.25, 0.3) is 0 Å². The summed E-state index contributed by atoms with van der Waals surface area (Å²) in [7, 11) is 0. The van der Waals surface area contributed by atoms with Crippen molar-refractivity contribution in [2.75, 3.05) is 11.9 Å². The number of nitrogens with zero attached hydrogens (tertiary/aromatic N) is 3. The highest BCUT2D eigenvalue weighted by Gasteiger charge is 2.21. The minimum absolute atomic E-state index is 0.0729. The maximum absolute atomic E-state index is 12.1. The molecule has 0 bridgehead atoms. The van der Waals surface area contributed by atoms with E-state index in [2.05, 4.69) is 31.2 Å². The summed E-state index contributed by atoms with van der Waals surface area (Å²) in [6.07, 6.45) is 5.15. The average Bonchev–Trinajstić information content (AvgIpc) is 2.91. The molecule has 2 N–H and O–H groups in total. The first kappa shape index (κ1) is 18.3. The summed E-state index contributed by atoms with van der Waals surface area (Å²) in [6, 6.07) is 7.40. The Morgan fingerprint density at radius 3 is 3.00 bits per heavy atom. The van der Waals surface area contributed by atoms with E-state index in [1.54, 1.807) is 6.33 Å². The molecule has 1 aromatic carbocycles. The minimum Gasteiger partial charge on any atom is -0.481 e. The number of carboxylic acid groups (broad SMARTS) is 1. The largest absolute Gasteiger partial charge is 0.481 e. The minimum atomic E-state index is -0.823. The van der Waals surface area contributed by atoms with E-state index in [4.69, 9.17) is 0 Å². The molecule has 1 aliphatic rings. The van der Waals surface area contributed by atoms with Crippen LogP contribution in [-0.2, 0) is 11.3 Å². The lowest BCUT2D eigenvalue weighted by molar-refractivity contribution is -0.139. The van der Waals surface area contributed by atoms with Gasteiger partial charge in [-0.1, -0.05) is 34.5 Å². The molecule has 1 atom stereocenters. The maximum atomic E-state index is 12.1. The molecular formula is C18H19BrN4O3. The van der Waals surface area contributed by atoms with Crippen LogP contribution in [-0.4, -0.2) is 39.3 Å². The van der Waals surface area contributed by atoms with Gasteiger partial charge < -0.3 is 15.0 Å². The van der Waals surface area contributed by atoms with Crippen LogP contribution in [0.1, 0.15) is 41.2 Å². The van der Waals surface area contributed by atoms with E-state index >= 15 is 0 Å². The van der Waals surface area contributed by atoms with Gasteiger partial charge in [0.25, 0.3) is 0 Å². The summed E-state index contributed by atoms with van der Waals surface area (Å²) in [5, 5.41) is 12.4. The van der Waals surface area contributed by atoms with E-state index in [-0.39, 0.29) is 12.3 Å². The Morgan fingerprint density at radius 1 is 1.38 bits per heavy atom. The standard InChI is InChI=1S/C18H19BrN4O3/c19-13-5-3-4-12(8-13)14(18(25)26)6-1-2-7-23-11-22-17-16(23)15(24)9-20-10-21-17/h3-5,8,10-11,14H,1-2,6-7,9H2,(H,20,21)(H,25,26). The van der Waals surface area contributed by atoms with Crippen molar-refractivity contribution in [3.8, 4) is 0 Å². The normalized spacial score (nSPS) is 14.4. The molecule has 1 aliphatic heterocycles. The van der Waals surface area contributed by atoms with Gasteiger partial charge in [-0.3, -0.25) is 14.6 Å². The first-order valence-corrected chi connectivity index (χ1v) is 9.17. The second-order valence-corrected chi connectivity index (χ2v) is 7.03. The Labute approximate surface area is 159 Å². The van der Waals surface area contributed by atoms with Gasteiger partial charge in [-0.15, -0.1) is 0 Å². The third kappa shape index (κ3) is 4.19. The zero-order valence-corrected chi connectivity index (χ0v) is 15.6. The number of benzene rings is 1. The fraction of sp³-hybridized carbons (Fsp3) is 0.333. The summed E-state index contributed by atoms with van der Waals surface area (Å²) < 4.78 is 2.68. The molecule has 26 heavy (non-hydrogen) atoms. The average molecular weight is 419 g/mol. The molecule has 2 aromatic rings. The zero-order chi connectivity index (χ0) is 18.5. The molecule has 0 fully saturated rings. The number of aliphatic carboxylic acids is 1. The fourth-order valence-electron chi connectivity index (χ4n) is 3.05. The van der Waals surface area contributed by atoms with Gasteiger partial charge in [-0.25, -0.2) is 4.98 Å². The predicted molar refractivity (Wildman–Crippen MR) is 102 cm³/mol. The van der Waals surface area contributed by atoms with Crippen LogP contribution in [0.5, 0.6) is 0 Å². The molecule has 0 aliphatic carbocycles. The Hall–Kier alpha value is -2.48. The Bertz CT molecular complexity index is 847. The lowest BCUT2D eigenvalue weighted by atomic mass is 9.94. The highest BCUT2D eigenvalue weighted by atomic mass is 79.9. The molecule has 1 aromatic heterocycles. The van der Waals surface area contributed by atoms with Gasteiger partial charge in [-0.2, -0.15) is 0 Å². The van der Waals surface area contributed by atoms with E-state index in [0.717, 1.165) is 22.9 Å². The van der Waals surface area contributed by atoms with Crippen LogP contribution in [0, 0.1) is 0 Å². The number of fused-ring (bicyclic) bond motifs is 1. The quantitative estimate of drug-likeness (QED) is 0.672. The number of nitrogens with one attached hydrogen (secondary N) is 1. The van der Waals surface area contributed by atoms with Gasteiger partial charge in [-0.05, 0) is 30.5 Å². The van der Waals surface area contributed by atoms with Crippen LogP contribution < -0.4 is 5.32 Å². The number of hydrogen-bond acceptors (Lipinski definition) is 5. The monoisotopic (exact) mass is 418 g/mol. The topological polar surface area (TPSA) is 96.6 Å². The number of aliphatic imine (C=N–C) groups is 1. The summed E-state index contributed by atoms with van der Waals surface area (Å²) in [5.41, 5.74) is 1.32. The number of hydrogen-bond donors (Lipinski definition) is 2. The highest BCUT2D eigenvalue weighted by molar-refractivity contribution is 9.10. The number of carbonyl (C=O) groups excluding carboxylic acids is 1. The van der Waals surface area contributed by atoms with Crippen LogP contribution >= 0.6 is 15.9 Å². The Morgan fingerprint density at radius 2 is 2.23 bits per heavy atom.